The monoisotopic (exact) mass is 435 g/mol. The van der Waals surface area contributed by atoms with E-state index in [1.807, 2.05) is 32.2 Å². The lowest BCUT2D eigenvalue weighted by atomic mass is 9.83. The topological polar surface area (TPSA) is 82.2 Å². The first kappa shape index (κ1) is 19.8. The number of hydrogen-bond donors (Lipinski definition) is 1. The van der Waals surface area contributed by atoms with E-state index in [1.54, 1.807) is 9.31 Å². The van der Waals surface area contributed by atoms with Gasteiger partial charge in [-0.25, -0.2) is 13.9 Å². The molecule has 6 rings (SSSR count). The molecule has 166 valence electrons. The smallest absolute Gasteiger partial charge is 0.156 e. The molecule has 2 aliphatic heterocycles. The number of rotatable bonds is 2. The first-order valence-corrected chi connectivity index (χ1v) is 11.2. The zero-order valence-electron chi connectivity index (χ0n) is 18.3. The summed E-state index contributed by atoms with van der Waals surface area (Å²) in [7, 11) is 0. The molecule has 0 radical (unpaired) electrons. The highest BCUT2D eigenvalue weighted by molar-refractivity contribution is 5.81. The fourth-order valence-corrected chi connectivity index (χ4v) is 5.12. The van der Waals surface area contributed by atoms with Crippen molar-refractivity contribution < 1.29 is 9.13 Å². The molecule has 1 atom stereocenters. The van der Waals surface area contributed by atoms with Crippen molar-refractivity contribution in [1.29, 1.82) is 0 Å². The summed E-state index contributed by atoms with van der Waals surface area (Å²) >= 11 is 0. The van der Waals surface area contributed by atoms with Gasteiger partial charge >= 0.3 is 0 Å². The van der Waals surface area contributed by atoms with Crippen LogP contribution in [0.4, 0.5) is 4.39 Å². The third-order valence-electron chi connectivity index (χ3n) is 6.79. The van der Waals surface area contributed by atoms with Crippen LogP contribution in [0.2, 0.25) is 0 Å². The molecule has 1 unspecified atom stereocenters. The molecule has 9 heteroatoms. The van der Waals surface area contributed by atoms with E-state index < -0.39 is 0 Å². The lowest BCUT2D eigenvalue weighted by molar-refractivity contribution is -0.113. The molecule has 3 aromatic heterocycles. The summed E-state index contributed by atoms with van der Waals surface area (Å²) in [4.78, 5) is 6.21. The molecule has 1 aromatic carbocycles. The Bertz CT molecular complexity index is 1320. The first-order valence-electron chi connectivity index (χ1n) is 11.2. The predicted molar refractivity (Wildman–Crippen MR) is 118 cm³/mol. The summed E-state index contributed by atoms with van der Waals surface area (Å²) in [5.74, 6) is -0.381. The van der Waals surface area contributed by atoms with Crippen LogP contribution in [0.15, 0.2) is 24.4 Å². The number of hydrogen-bond acceptors (Lipinski definition) is 6. The Morgan fingerprint density at radius 1 is 1.12 bits per heavy atom. The van der Waals surface area contributed by atoms with Crippen molar-refractivity contribution in [3.63, 3.8) is 0 Å². The van der Waals surface area contributed by atoms with Crippen LogP contribution in [-0.4, -0.2) is 54.9 Å². The van der Waals surface area contributed by atoms with Crippen molar-refractivity contribution in [3.8, 4) is 11.3 Å². The number of aromatic nitrogens is 6. The number of imidazole rings is 1. The Morgan fingerprint density at radius 3 is 2.81 bits per heavy atom. The molecule has 1 N–H and O–H groups in total. The van der Waals surface area contributed by atoms with E-state index in [0.717, 1.165) is 55.7 Å². The van der Waals surface area contributed by atoms with Gasteiger partial charge in [0.2, 0.25) is 0 Å². The van der Waals surface area contributed by atoms with Crippen LogP contribution in [0.1, 0.15) is 43.0 Å². The molecule has 2 fully saturated rings. The molecule has 1 spiro atoms. The van der Waals surface area contributed by atoms with E-state index in [4.69, 9.17) is 9.84 Å². The Balaban J connectivity index is 1.37. The van der Waals surface area contributed by atoms with Gasteiger partial charge < -0.3 is 10.1 Å². The van der Waals surface area contributed by atoms with E-state index in [9.17, 15) is 0 Å². The van der Waals surface area contributed by atoms with Crippen molar-refractivity contribution in [2.45, 2.75) is 51.2 Å². The average Bonchev–Trinajstić information content (AvgIpc) is 3.38. The molecule has 0 saturated carbocycles. The van der Waals surface area contributed by atoms with Gasteiger partial charge in [-0.3, -0.25) is 0 Å². The normalized spacial score (nSPS) is 21.0. The van der Waals surface area contributed by atoms with Gasteiger partial charge in [0, 0.05) is 18.6 Å². The van der Waals surface area contributed by atoms with E-state index in [1.165, 1.54) is 6.07 Å². The van der Waals surface area contributed by atoms with Crippen molar-refractivity contribution in [2.24, 2.45) is 0 Å². The summed E-state index contributed by atoms with van der Waals surface area (Å²) in [5.41, 5.74) is 4.79. The van der Waals surface area contributed by atoms with E-state index in [-0.39, 0.29) is 17.5 Å². The minimum atomic E-state index is -0.381. The van der Waals surface area contributed by atoms with Gasteiger partial charge in [-0.15, -0.1) is 5.10 Å². The number of halogens is 1. The van der Waals surface area contributed by atoms with Crippen LogP contribution in [-0.2, 0) is 4.74 Å². The van der Waals surface area contributed by atoms with Crippen LogP contribution in [0.25, 0.3) is 27.9 Å². The number of fused-ring (bicyclic) bond motifs is 2. The molecule has 0 amide bonds. The van der Waals surface area contributed by atoms with Crippen LogP contribution < -0.4 is 5.32 Å². The highest BCUT2D eigenvalue weighted by atomic mass is 19.1. The molecular weight excluding hydrogens is 409 g/mol. The van der Waals surface area contributed by atoms with Gasteiger partial charge in [0.05, 0.1) is 29.2 Å². The Labute approximate surface area is 184 Å². The second-order valence-corrected chi connectivity index (χ2v) is 9.14. The summed E-state index contributed by atoms with van der Waals surface area (Å²) in [6.07, 6.45) is 5.55. The van der Waals surface area contributed by atoms with E-state index >= 15 is 4.39 Å². The second kappa shape index (κ2) is 7.31. The lowest BCUT2D eigenvalue weighted by Gasteiger charge is -2.43. The average molecular weight is 436 g/mol. The van der Waals surface area contributed by atoms with Crippen LogP contribution in [0.3, 0.4) is 0 Å². The van der Waals surface area contributed by atoms with E-state index in [2.05, 4.69) is 20.5 Å². The molecule has 0 aliphatic carbocycles. The van der Waals surface area contributed by atoms with Crippen molar-refractivity contribution >= 4 is 16.7 Å². The zero-order valence-corrected chi connectivity index (χ0v) is 18.3. The minimum absolute atomic E-state index is 0.114. The molecule has 4 aromatic rings. The lowest BCUT2D eigenvalue weighted by Crippen LogP contribution is -2.48. The van der Waals surface area contributed by atoms with E-state index in [0.29, 0.717) is 28.9 Å². The molecule has 2 aliphatic rings. The van der Waals surface area contributed by atoms with Gasteiger partial charge in [0.1, 0.15) is 11.0 Å². The molecule has 8 nitrogen and oxygen atoms in total. The quantitative estimate of drug-likeness (QED) is 0.520. The fourth-order valence-electron chi connectivity index (χ4n) is 5.12. The zero-order chi connectivity index (χ0) is 21.9. The Morgan fingerprint density at radius 2 is 1.97 bits per heavy atom. The molecule has 5 heterocycles. The number of ether oxygens (including phenoxy) is 1. The summed E-state index contributed by atoms with van der Waals surface area (Å²) in [6.45, 7) is 6.53. The fraction of sp³-hybridized carbons (Fsp3) is 0.478. The Hall–Kier alpha value is -2.91. The van der Waals surface area contributed by atoms with Crippen molar-refractivity contribution in [2.75, 3.05) is 19.7 Å². The van der Waals surface area contributed by atoms with Gasteiger partial charge in [0.15, 0.2) is 11.5 Å². The maximum absolute atomic E-state index is 15.1. The van der Waals surface area contributed by atoms with Crippen molar-refractivity contribution in [1.82, 2.24) is 34.9 Å². The number of benzene rings is 1. The maximum Gasteiger partial charge on any atom is 0.156 e. The minimum Gasteiger partial charge on any atom is -0.375 e. The number of aryl methyl sites for hydroxylation is 2. The third-order valence-corrected chi connectivity index (χ3v) is 6.79. The number of nitrogens with zero attached hydrogens (tertiary/aromatic N) is 6. The first-order chi connectivity index (χ1) is 15.5. The second-order valence-electron chi connectivity index (χ2n) is 9.14. The summed E-state index contributed by atoms with van der Waals surface area (Å²) in [6, 6.07) is 5.42. The van der Waals surface area contributed by atoms with Gasteiger partial charge in [-0.05, 0) is 70.0 Å². The number of nitrogens with one attached hydrogen (secondary N) is 1. The van der Waals surface area contributed by atoms with Gasteiger partial charge in [-0.2, -0.15) is 15.0 Å². The summed E-state index contributed by atoms with van der Waals surface area (Å²) < 4.78 is 23.0. The van der Waals surface area contributed by atoms with Crippen molar-refractivity contribution in [3.05, 3.63) is 41.5 Å². The Kier molecular flexibility index (Phi) is 4.51. The molecule has 32 heavy (non-hydrogen) atoms. The highest BCUT2D eigenvalue weighted by Crippen LogP contribution is 2.38. The number of piperidine rings is 1. The highest BCUT2D eigenvalue weighted by Gasteiger charge is 2.40. The van der Waals surface area contributed by atoms with Crippen LogP contribution >= 0.6 is 0 Å². The standard InChI is InChI=1S/C23H26FN7O/c1-14-9-19(27-30-13-15(2)26-22(14)30)16-10-18(24)21-20(11-16)28-31(29-21)17-3-8-32-23(12-17)4-6-25-7-5-23/h9-11,13,17,25H,3-8,12H2,1-2H3. The van der Waals surface area contributed by atoms with Crippen LogP contribution in [0, 0.1) is 19.7 Å². The van der Waals surface area contributed by atoms with Gasteiger partial charge in [0.25, 0.3) is 0 Å². The molecule has 2 saturated heterocycles. The third kappa shape index (κ3) is 3.27. The molecule has 0 bridgehead atoms. The largest absolute Gasteiger partial charge is 0.375 e. The van der Waals surface area contributed by atoms with Crippen LogP contribution in [0.5, 0.6) is 0 Å². The SMILES string of the molecule is Cc1cn2nc(-c3cc(F)c4nn(C5CCOC6(CCNCC6)C5)nc4c3)cc(C)c2n1. The summed E-state index contributed by atoms with van der Waals surface area (Å²) in [5, 5.41) is 17.3. The van der Waals surface area contributed by atoms with Gasteiger partial charge in [-0.1, -0.05) is 0 Å². The predicted octanol–water partition coefficient (Wildman–Crippen LogP) is 3.37. The molecular formula is C23H26FN7O. The maximum atomic E-state index is 15.1.